The minimum atomic E-state index is 0.450. The number of aromatic nitrogens is 2. The Labute approximate surface area is 88.1 Å². The Hall–Kier alpha value is -0.870. The molecule has 0 atom stereocenters. The molecule has 76 valence electrons. The molecule has 2 rings (SSSR count). The molecule has 2 heterocycles. The maximum absolute atomic E-state index is 5.89. The van der Waals surface area contributed by atoms with Crippen molar-refractivity contribution >= 4 is 17.4 Å². The maximum Gasteiger partial charge on any atom is 0.171 e. The number of anilines is 1. The van der Waals surface area contributed by atoms with Crippen LogP contribution >= 0.6 is 11.6 Å². The Kier molecular flexibility index (Phi) is 3.16. The highest BCUT2D eigenvalue weighted by molar-refractivity contribution is 6.31. The lowest BCUT2D eigenvalue weighted by atomic mass is 10.1. The lowest BCUT2D eigenvalue weighted by molar-refractivity contribution is 0.478. The van der Waals surface area contributed by atoms with Gasteiger partial charge in [-0.1, -0.05) is 11.6 Å². The molecule has 1 aromatic rings. The molecule has 0 spiro atoms. The molecule has 0 saturated carbocycles. The molecule has 1 aliphatic rings. The molecule has 0 aromatic carbocycles. The number of hydrogen-bond donors (Lipinski definition) is 2. The molecular formula is C9H13ClN4. The predicted octanol–water partition coefficient (Wildman–Crippen LogP) is 1.29. The Morgan fingerprint density at radius 2 is 2.00 bits per heavy atom. The van der Waals surface area contributed by atoms with Gasteiger partial charge in [0.05, 0.1) is 0 Å². The second-order valence-electron chi connectivity index (χ2n) is 3.36. The zero-order valence-electron chi connectivity index (χ0n) is 7.83. The van der Waals surface area contributed by atoms with Gasteiger partial charge in [-0.2, -0.15) is 0 Å². The number of halogens is 1. The van der Waals surface area contributed by atoms with Crippen LogP contribution in [0.5, 0.6) is 0 Å². The highest BCUT2D eigenvalue weighted by Crippen LogP contribution is 2.17. The van der Waals surface area contributed by atoms with Crippen LogP contribution in [0.1, 0.15) is 12.8 Å². The topological polar surface area (TPSA) is 49.8 Å². The zero-order chi connectivity index (χ0) is 9.80. The molecule has 1 saturated heterocycles. The third-order valence-corrected chi connectivity index (χ3v) is 2.61. The number of nitrogens with one attached hydrogen (secondary N) is 2. The Morgan fingerprint density at radius 1 is 1.29 bits per heavy atom. The molecule has 1 fully saturated rings. The van der Waals surface area contributed by atoms with Crippen molar-refractivity contribution < 1.29 is 0 Å². The van der Waals surface area contributed by atoms with Crippen LogP contribution < -0.4 is 10.6 Å². The molecule has 0 radical (unpaired) electrons. The third kappa shape index (κ3) is 2.33. The monoisotopic (exact) mass is 212 g/mol. The van der Waals surface area contributed by atoms with Gasteiger partial charge in [0.15, 0.2) is 11.0 Å². The summed E-state index contributed by atoms with van der Waals surface area (Å²) in [5.74, 6) is 0.695. The fourth-order valence-corrected chi connectivity index (χ4v) is 1.74. The maximum atomic E-state index is 5.89. The summed E-state index contributed by atoms with van der Waals surface area (Å²) in [4.78, 5) is 8.12. The number of hydrogen-bond acceptors (Lipinski definition) is 4. The Bertz CT molecular complexity index is 299. The fourth-order valence-electron chi connectivity index (χ4n) is 1.58. The molecule has 2 N–H and O–H groups in total. The first-order valence-electron chi connectivity index (χ1n) is 4.80. The van der Waals surface area contributed by atoms with Crippen LogP contribution in [-0.2, 0) is 0 Å². The fraction of sp³-hybridized carbons (Fsp3) is 0.556. The van der Waals surface area contributed by atoms with Gasteiger partial charge in [0.25, 0.3) is 0 Å². The van der Waals surface area contributed by atoms with Gasteiger partial charge in [0.1, 0.15) is 0 Å². The number of nitrogens with zero attached hydrogens (tertiary/aromatic N) is 2. The van der Waals surface area contributed by atoms with E-state index in [0.29, 0.717) is 17.0 Å². The Balaban J connectivity index is 1.99. The van der Waals surface area contributed by atoms with Crippen molar-refractivity contribution in [3.63, 3.8) is 0 Å². The normalized spacial score (nSPS) is 18.1. The number of rotatable bonds is 2. The average Bonchev–Trinajstić information content (AvgIpc) is 2.23. The summed E-state index contributed by atoms with van der Waals surface area (Å²) in [6.07, 6.45) is 5.45. The molecule has 1 aromatic heterocycles. The SMILES string of the molecule is Clc1nccnc1NC1CCNCC1. The molecule has 0 amide bonds. The van der Waals surface area contributed by atoms with Gasteiger partial charge in [-0.3, -0.25) is 0 Å². The second kappa shape index (κ2) is 4.57. The predicted molar refractivity (Wildman–Crippen MR) is 56.6 cm³/mol. The number of piperidine rings is 1. The van der Waals surface area contributed by atoms with Crippen molar-refractivity contribution in [3.05, 3.63) is 17.5 Å². The first kappa shape index (κ1) is 9.68. The van der Waals surface area contributed by atoms with Crippen LogP contribution in [0.25, 0.3) is 0 Å². The second-order valence-corrected chi connectivity index (χ2v) is 3.72. The summed E-state index contributed by atoms with van der Waals surface area (Å²) in [5, 5.41) is 7.06. The van der Waals surface area contributed by atoms with E-state index in [1.54, 1.807) is 12.4 Å². The van der Waals surface area contributed by atoms with Gasteiger partial charge in [-0.05, 0) is 25.9 Å². The van der Waals surface area contributed by atoms with E-state index in [2.05, 4.69) is 20.6 Å². The van der Waals surface area contributed by atoms with Gasteiger partial charge >= 0.3 is 0 Å². The van der Waals surface area contributed by atoms with Gasteiger partial charge in [0.2, 0.25) is 0 Å². The minimum Gasteiger partial charge on any atom is -0.365 e. The molecule has 0 bridgehead atoms. The van der Waals surface area contributed by atoms with Crippen LogP contribution in [0.15, 0.2) is 12.4 Å². The summed E-state index contributed by atoms with van der Waals surface area (Å²) in [7, 11) is 0. The summed E-state index contributed by atoms with van der Waals surface area (Å²) < 4.78 is 0. The summed E-state index contributed by atoms with van der Waals surface area (Å²) in [6.45, 7) is 2.10. The summed E-state index contributed by atoms with van der Waals surface area (Å²) >= 11 is 5.89. The largest absolute Gasteiger partial charge is 0.365 e. The Morgan fingerprint density at radius 3 is 2.71 bits per heavy atom. The molecule has 14 heavy (non-hydrogen) atoms. The van der Waals surface area contributed by atoms with Crippen molar-refractivity contribution in [2.75, 3.05) is 18.4 Å². The van der Waals surface area contributed by atoms with Crippen LogP contribution in [0, 0.1) is 0 Å². The van der Waals surface area contributed by atoms with E-state index in [1.807, 2.05) is 0 Å². The molecule has 0 aliphatic carbocycles. The van der Waals surface area contributed by atoms with Crippen LogP contribution in [0.4, 0.5) is 5.82 Å². The van der Waals surface area contributed by atoms with E-state index < -0.39 is 0 Å². The molecular weight excluding hydrogens is 200 g/mol. The summed E-state index contributed by atoms with van der Waals surface area (Å²) in [6, 6.07) is 0.463. The standard InChI is InChI=1S/C9H13ClN4/c10-8-9(13-6-5-12-8)14-7-1-3-11-4-2-7/h5-7,11H,1-4H2,(H,13,14). The van der Waals surface area contributed by atoms with Gasteiger partial charge in [-0.15, -0.1) is 0 Å². The van der Waals surface area contributed by atoms with Crippen molar-refractivity contribution in [2.24, 2.45) is 0 Å². The van der Waals surface area contributed by atoms with Crippen molar-refractivity contribution in [3.8, 4) is 0 Å². The van der Waals surface area contributed by atoms with Crippen LogP contribution in [0.2, 0.25) is 5.15 Å². The quantitative estimate of drug-likeness (QED) is 0.776. The average molecular weight is 213 g/mol. The van der Waals surface area contributed by atoms with E-state index >= 15 is 0 Å². The van der Waals surface area contributed by atoms with Crippen LogP contribution in [0.3, 0.4) is 0 Å². The lowest BCUT2D eigenvalue weighted by Gasteiger charge is -2.24. The van der Waals surface area contributed by atoms with Crippen molar-refractivity contribution in [2.45, 2.75) is 18.9 Å². The van der Waals surface area contributed by atoms with Gasteiger partial charge in [-0.25, -0.2) is 9.97 Å². The van der Waals surface area contributed by atoms with Crippen LogP contribution in [-0.4, -0.2) is 29.1 Å². The molecule has 1 aliphatic heterocycles. The smallest absolute Gasteiger partial charge is 0.171 e. The first-order valence-corrected chi connectivity index (χ1v) is 5.18. The molecule has 5 heteroatoms. The molecule has 4 nitrogen and oxygen atoms in total. The summed E-state index contributed by atoms with van der Waals surface area (Å²) in [5.41, 5.74) is 0. The van der Waals surface area contributed by atoms with Gasteiger partial charge in [0, 0.05) is 18.4 Å². The van der Waals surface area contributed by atoms with E-state index in [1.165, 1.54) is 0 Å². The van der Waals surface area contributed by atoms with E-state index in [0.717, 1.165) is 25.9 Å². The van der Waals surface area contributed by atoms with E-state index in [9.17, 15) is 0 Å². The molecule has 0 unspecified atom stereocenters. The zero-order valence-corrected chi connectivity index (χ0v) is 8.59. The van der Waals surface area contributed by atoms with Gasteiger partial charge < -0.3 is 10.6 Å². The highest BCUT2D eigenvalue weighted by Gasteiger charge is 2.14. The highest BCUT2D eigenvalue weighted by atomic mass is 35.5. The van der Waals surface area contributed by atoms with Crippen molar-refractivity contribution in [1.82, 2.24) is 15.3 Å². The van der Waals surface area contributed by atoms with Crippen molar-refractivity contribution in [1.29, 1.82) is 0 Å². The lowest BCUT2D eigenvalue weighted by Crippen LogP contribution is -2.35. The minimum absolute atomic E-state index is 0.450. The third-order valence-electron chi connectivity index (χ3n) is 2.33. The van der Waals surface area contributed by atoms with E-state index in [4.69, 9.17) is 11.6 Å². The van der Waals surface area contributed by atoms with E-state index in [-0.39, 0.29) is 0 Å². The first-order chi connectivity index (χ1) is 6.86.